The third kappa shape index (κ3) is 15.5. The Morgan fingerprint density at radius 1 is 0.938 bits per heavy atom. The molecule has 0 radical (unpaired) electrons. The van der Waals surface area contributed by atoms with E-state index < -0.39 is 14.5 Å². The molecule has 16 heavy (non-hydrogen) atoms. The summed E-state index contributed by atoms with van der Waals surface area (Å²) in [5.41, 5.74) is 0.0562. The minimum absolute atomic E-state index is 0. The van der Waals surface area contributed by atoms with E-state index >= 15 is 0 Å². The van der Waals surface area contributed by atoms with Crippen LogP contribution in [0.5, 0.6) is 0 Å². The molecule has 0 aromatic rings. The van der Waals surface area contributed by atoms with Crippen molar-refractivity contribution in [3.05, 3.63) is 0 Å². The van der Waals surface area contributed by atoms with E-state index in [1.54, 1.807) is 0 Å². The first-order valence-corrected chi connectivity index (χ1v) is 7.99. The Kier molecular flexibility index (Phi) is 14.7. The van der Waals surface area contributed by atoms with Crippen LogP contribution in [0.15, 0.2) is 0 Å². The second kappa shape index (κ2) is 10.4. The molecule has 0 fully saturated rings. The van der Waals surface area contributed by atoms with Gasteiger partial charge in [0.2, 0.25) is 0 Å². The van der Waals surface area contributed by atoms with Crippen molar-refractivity contribution in [1.82, 2.24) is 0 Å². The third-order valence-electron chi connectivity index (χ3n) is 1.99. The average Bonchev–Trinajstić information content (AvgIpc) is 1.77. The maximum absolute atomic E-state index is 6.20. The average molecular weight is 254 g/mol. The normalized spacial score (nSPS) is 11.1. The Balaban J connectivity index is -0.000000845. The van der Waals surface area contributed by atoms with Crippen LogP contribution in [0.25, 0.3) is 0 Å². The molecule has 0 aliphatic heterocycles. The smallest absolute Gasteiger partial charge is 0.870 e. The van der Waals surface area contributed by atoms with E-state index in [9.17, 15) is 0 Å². The van der Waals surface area contributed by atoms with Crippen LogP contribution < -0.4 is 29.6 Å². The van der Waals surface area contributed by atoms with E-state index in [0.29, 0.717) is 0 Å². The second-order valence-corrected chi connectivity index (χ2v) is 8.53. The zero-order chi connectivity index (χ0) is 11.4. The predicted octanol–water partition coefficient (Wildman–Crippen LogP) is 0.932. The molecule has 0 aliphatic rings. The van der Waals surface area contributed by atoms with Crippen LogP contribution in [0, 0.1) is 11.8 Å². The van der Waals surface area contributed by atoms with Crippen LogP contribution in [0.3, 0.4) is 0 Å². The molecule has 0 heterocycles. The zero-order valence-corrected chi connectivity index (χ0v) is 15.7. The molecule has 0 bridgehead atoms. The molecule has 1 N–H and O–H groups in total. The van der Waals surface area contributed by atoms with E-state index in [4.69, 9.17) is 3.79 Å². The largest absolute Gasteiger partial charge is 1.00 e. The molecule has 0 saturated carbocycles. The van der Waals surface area contributed by atoms with E-state index in [2.05, 4.69) is 48.5 Å². The molecule has 0 atom stereocenters. The number of hydrogen-bond acceptors (Lipinski definition) is 2. The Labute approximate surface area is 129 Å². The summed E-state index contributed by atoms with van der Waals surface area (Å²) in [6, 6.07) is 0. The van der Waals surface area contributed by atoms with Crippen molar-refractivity contribution in [2.45, 2.75) is 64.6 Å². The van der Waals surface area contributed by atoms with Crippen molar-refractivity contribution in [3.8, 4) is 0 Å². The van der Waals surface area contributed by atoms with Gasteiger partial charge in [-0.25, -0.2) is 0 Å². The monoisotopic (exact) mass is 254 g/mol. The molecule has 0 saturated heterocycles. The minimum Gasteiger partial charge on any atom is -0.870 e. The van der Waals surface area contributed by atoms with Gasteiger partial charge in [0.05, 0.1) is 0 Å². The fourth-order valence-corrected chi connectivity index (χ4v) is 5.23. The molecule has 0 aromatic carbocycles. The molecule has 0 rings (SSSR count). The Hall–Kier alpha value is 1.45. The molecule has 2 nitrogen and oxygen atoms in total. The van der Waals surface area contributed by atoms with Gasteiger partial charge in [0.15, 0.2) is 0 Å². The van der Waals surface area contributed by atoms with Crippen LogP contribution in [-0.4, -0.2) is 25.6 Å². The van der Waals surface area contributed by atoms with Gasteiger partial charge >= 0.3 is 44.0 Å². The second-order valence-electron chi connectivity index (χ2n) is 6.11. The van der Waals surface area contributed by atoms with E-state index in [0.717, 1.165) is 11.8 Å². The topological polar surface area (TPSA) is 39.2 Å². The number of hydrogen-bond donors (Lipinski definition) is 0. The fourth-order valence-electron chi connectivity index (χ4n) is 1.74. The molecule has 0 amide bonds. The summed E-state index contributed by atoms with van der Waals surface area (Å²) in [4.78, 5) is 0. The molecule has 0 aliphatic carbocycles. The molecular formula is C12H28AlNaO2. The maximum atomic E-state index is 6.20. The SMILES string of the molecule is CC(C)[CH2][Al]([CH2]C(C)C)[O]C(C)(C)C.[Na+].[OH-]. The maximum Gasteiger partial charge on any atom is 1.00 e. The van der Waals surface area contributed by atoms with Gasteiger partial charge in [-0.1, -0.05) is 50.1 Å². The van der Waals surface area contributed by atoms with Crippen LogP contribution in [0.4, 0.5) is 0 Å². The Bertz CT molecular complexity index is 146. The van der Waals surface area contributed by atoms with Crippen LogP contribution in [0.2, 0.25) is 10.6 Å². The Morgan fingerprint density at radius 3 is 1.44 bits per heavy atom. The van der Waals surface area contributed by atoms with Crippen LogP contribution in [-0.2, 0) is 3.79 Å². The standard InChI is InChI=1S/C4H9O.2C4H9.Al.Na.H2O/c1-4(2,3)5;2*1-4(2)3;;;/h1-3H3;2*4H,1H2,2-3H3;;;1H2/q-1;;;2*+1;/p-1. The van der Waals surface area contributed by atoms with E-state index in [-0.39, 0.29) is 40.6 Å². The van der Waals surface area contributed by atoms with Gasteiger partial charge in [-0.15, -0.1) is 0 Å². The minimum atomic E-state index is -0.975. The predicted molar refractivity (Wildman–Crippen MR) is 67.8 cm³/mol. The van der Waals surface area contributed by atoms with Crippen molar-refractivity contribution >= 4 is 14.5 Å². The summed E-state index contributed by atoms with van der Waals surface area (Å²) < 4.78 is 6.20. The van der Waals surface area contributed by atoms with E-state index in [1.165, 1.54) is 10.6 Å². The van der Waals surface area contributed by atoms with Gasteiger partial charge in [-0.2, -0.15) is 0 Å². The molecule has 4 heteroatoms. The van der Waals surface area contributed by atoms with Gasteiger partial charge in [0.1, 0.15) is 0 Å². The van der Waals surface area contributed by atoms with Gasteiger partial charge in [0.25, 0.3) is 0 Å². The summed E-state index contributed by atoms with van der Waals surface area (Å²) in [5, 5.41) is 2.63. The van der Waals surface area contributed by atoms with Crippen molar-refractivity contribution in [2.75, 3.05) is 0 Å². The summed E-state index contributed by atoms with van der Waals surface area (Å²) in [6.45, 7) is 15.7. The fraction of sp³-hybridized carbons (Fsp3) is 1.00. The molecular weight excluding hydrogens is 226 g/mol. The summed E-state index contributed by atoms with van der Waals surface area (Å²) in [5.74, 6) is 1.57. The quantitative estimate of drug-likeness (QED) is 0.685. The summed E-state index contributed by atoms with van der Waals surface area (Å²) >= 11 is -0.975. The van der Waals surface area contributed by atoms with Crippen molar-refractivity contribution in [1.29, 1.82) is 0 Å². The molecule has 0 unspecified atom stereocenters. The van der Waals surface area contributed by atoms with Gasteiger partial charge in [0, 0.05) is 5.60 Å². The summed E-state index contributed by atoms with van der Waals surface area (Å²) in [7, 11) is 0. The number of rotatable bonds is 5. The van der Waals surface area contributed by atoms with Crippen molar-refractivity contribution in [3.63, 3.8) is 0 Å². The first kappa shape index (κ1) is 22.6. The van der Waals surface area contributed by atoms with Crippen LogP contribution >= 0.6 is 0 Å². The van der Waals surface area contributed by atoms with E-state index in [1.807, 2.05) is 0 Å². The first-order valence-electron chi connectivity index (χ1n) is 5.88. The zero-order valence-electron chi connectivity index (χ0n) is 12.5. The molecule has 92 valence electrons. The van der Waals surface area contributed by atoms with Gasteiger partial charge in [-0.05, 0) is 20.8 Å². The first-order chi connectivity index (χ1) is 6.20. The van der Waals surface area contributed by atoms with Gasteiger partial charge < -0.3 is 9.26 Å². The Morgan fingerprint density at radius 2 is 1.25 bits per heavy atom. The molecule has 0 aromatic heterocycles. The summed E-state index contributed by atoms with van der Waals surface area (Å²) in [6.07, 6.45) is 0. The molecule has 0 spiro atoms. The van der Waals surface area contributed by atoms with Crippen LogP contribution in [0.1, 0.15) is 48.5 Å². The van der Waals surface area contributed by atoms with Gasteiger partial charge in [-0.3, -0.25) is 0 Å². The third-order valence-corrected chi connectivity index (χ3v) is 5.97. The van der Waals surface area contributed by atoms with Crippen molar-refractivity contribution in [2.24, 2.45) is 11.8 Å². The van der Waals surface area contributed by atoms with Crippen molar-refractivity contribution < 1.29 is 38.8 Å².